The first-order valence-corrected chi connectivity index (χ1v) is 5.76. The quantitative estimate of drug-likeness (QED) is 0.689. The molecule has 4 heteroatoms. The van der Waals surface area contributed by atoms with Crippen molar-refractivity contribution in [2.45, 2.75) is 25.1 Å². The molecule has 0 aromatic heterocycles. The van der Waals surface area contributed by atoms with Gasteiger partial charge in [-0.05, 0) is 0 Å². The Morgan fingerprint density at radius 2 is 2.42 bits per heavy atom. The molecule has 12 heavy (non-hydrogen) atoms. The molecule has 2 atom stereocenters. The van der Waals surface area contributed by atoms with Crippen LogP contribution < -0.4 is 5.32 Å². The molecule has 3 nitrogen and oxygen atoms in total. The fourth-order valence-corrected chi connectivity index (χ4v) is 2.11. The largest absolute Gasteiger partial charge is 0.378 e. The van der Waals surface area contributed by atoms with E-state index in [4.69, 9.17) is 4.74 Å². The minimum Gasteiger partial charge on any atom is -0.378 e. The van der Waals surface area contributed by atoms with Crippen LogP contribution in [0.15, 0.2) is 0 Å². The van der Waals surface area contributed by atoms with Crippen molar-refractivity contribution in [3.63, 3.8) is 0 Å². The van der Waals surface area contributed by atoms with Gasteiger partial charge in [-0.3, -0.25) is 4.21 Å². The maximum atomic E-state index is 11.4. The van der Waals surface area contributed by atoms with E-state index in [0.29, 0.717) is 12.6 Å². The van der Waals surface area contributed by atoms with E-state index in [1.807, 2.05) is 13.8 Å². The van der Waals surface area contributed by atoms with Gasteiger partial charge in [-0.25, -0.2) is 0 Å². The summed E-state index contributed by atoms with van der Waals surface area (Å²) in [4.78, 5) is 0. The van der Waals surface area contributed by atoms with E-state index in [1.54, 1.807) is 0 Å². The minimum atomic E-state index is -0.712. The smallest absolute Gasteiger partial charge is 0.0629 e. The summed E-state index contributed by atoms with van der Waals surface area (Å²) in [5.74, 6) is 0.720. The Morgan fingerprint density at radius 3 is 2.92 bits per heavy atom. The van der Waals surface area contributed by atoms with Crippen LogP contribution in [-0.4, -0.2) is 41.0 Å². The lowest BCUT2D eigenvalue weighted by atomic mass is 10.3. The molecule has 0 radical (unpaired) electrons. The summed E-state index contributed by atoms with van der Waals surface area (Å²) in [6.07, 6.45) is 0. The first-order valence-electron chi connectivity index (χ1n) is 4.38. The third-order valence-corrected chi connectivity index (χ3v) is 3.67. The lowest BCUT2D eigenvalue weighted by Crippen LogP contribution is -2.45. The van der Waals surface area contributed by atoms with Gasteiger partial charge in [-0.15, -0.1) is 0 Å². The number of morpholine rings is 1. The van der Waals surface area contributed by atoms with Crippen molar-refractivity contribution in [2.24, 2.45) is 0 Å². The van der Waals surface area contributed by atoms with Crippen molar-refractivity contribution >= 4 is 10.8 Å². The summed E-state index contributed by atoms with van der Waals surface area (Å²) in [5.41, 5.74) is 0. The summed E-state index contributed by atoms with van der Waals surface area (Å²) in [6, 6.07) is 0.294. The third-order valence-electron chi connectivity index (χ3n) is 1.89. The van der Waals surface area contributed by atoms with Crippen LogP contribution in [-0.2, 0) is 15.5 Å². The van der Waals surface area contributed by atoms with Gasteiger partial charge in [0.1, 0.15) is 0 Å². The second-order valence-electron chi connectivity index (χ2n) is 3.32. The summed E-state index contributed by atoms with van der Waals surface area (Å²) in [7, 11) is -0.712. The molecule has 1 rings (SSSR count). The van der Waals surface area contributed by atoms with E-state index >= 15 is 0 Å². The van der Waals surface area contributed by atoms with Crippen LogP contribution in [0.5, 0.6) is 0 Å². The van der Waals surface area contributed by atoms with Crippen molar-refractivity contribution in [3.8, 4) is 0 Å². The van der Waals surface area contributed by atoms with Crippen LogP contribution in [0.4, 0.5) is 0 Å². The molecular formula is C8H17NO2S. The molecule has 1 saturated heterocycles. The number of nitrogens with one attached hydrogen (secondary N) is 1. The topological polar surface area (TPSA) is 38.3 Å². The molecule has 72 valence electrons. The second kappa shape index (κ2) is 4.94. The molecule has 1 fully saturated rings. The average Bonchev–Trinajstić information content (AvgIpc) is 2.06. The minimum absolute atomic E-state index is 0.258. The van der Waals surface area contributed by atoms with Crippen molar-refractivity contribution in [2.75, 3.05) is 25.5 Å². The Balaban J connectivity index is 2.24. The summed E-state index contributed by atoms with van der Waals surface area (Å²) in [6.45, 7) is 6.35. The third kappa shape index (κ3) is 3.21. The zero-order valence-electron chi connectivity index (χ0n) is 7.71. The molecule has 1 aliphatic heterocycles. The maximum absolute atomic E-state index is 11.4. The molecule has 0 aromatic carbocycles. The Labute approximate surface area is 76.3 Å². The number of hydrogen-bond donors (Lipinski definition) is 1. The fourth-order valence-electron chi connectivity index (χ4n) is 1.12. The highest BCUT2D eigenvalue weighted by Crippen LogP contribution is 2.00. The van der Waals surface area contributed by atoms with Gasteiger partial charge in [0, 0.05) is 34.4 Å². The van der Waals surface area contributed by atoms with Gasteiger partial charge in [0.25, 0.3) is 0 Å². The van der Waals surface area contributed by atoms with Gasteiger partial charge in [-0.1, -0.05) is 13.8 Å². The molecule has 0 aliphatic carbocycles. The second-order valence-corrected chi connectivity index (χ2v) is 5.36. The predicted molar refractivity (Wildman–Crippen MR) is 50.8 cm³/mol. The number of ether oxygens (including phenoxy) is 1. The predicted octanol–water partition coefficient (Wildman–Crippen LogP) is 0.132. The highest BCUT2D eigenvalue weighted by atomic mass is 32.2. The van der Waals surface area contributed by atoms with Crippen LogP contribution in [0, 0.1) is 0 Å². The van der Waals surface area contributed by atoms with E-state index in [9.17, 15) is 4.21 Å². The van der Waals surface area contributed by atoms with Crippen molar-refractivity contribution in [1.82, 2.24) is 5.32 Å². The van der Waals surface area contributed by atoms with Crippen LogP contribution in [0.3, 0.4) is 0 Å². The van der Waals surface area contributed by atoms with Gasteiger partial charge in [0.2, 0.25) is 0 Å². The van der Waals surface area contributed by atoms with Crippen LogP contribution in [0.1, 0.15) is 13.8 Å². The molecule has 0 amide bonds. The lowest BCUT2D eigenvalue weighted by Gasteiger charge is -2.23. The zero-order chi connectivity index (χ0) is 8.97. The summed E-state index contributed by atoms with van der Waals surface area (Å²) in [5, 5.41) is 3.54. The van der Waals surface area contributed by atoms with E-state index in [2.05, 4.69) is 5.32 Å². The highest BCUT2D eigenvalue weighted by Gasteiger charge is 2.17. The van der Waals surface area contributed by atoms with Crippen molar-refractivity contribution < 1.29 is 8.95 Å². The van der Waals surface area contributed by atoms with Gasteiger partial charge in [0.05, 0.1) is 13.2 Å². The normalized spacial score (nSPS) is 27.4. The first-order chi connectivity index (χ1) is 5.70. The van der Waals surface area contributed by atoms with E-state index in [-0.39, 0.29) is 5.25 Å². The molecule has 1 aliphatic rings. The molecule has 1 heterocycles. The molecular weight excluding hydrogens is 174 g/mol. The Bertz CT molecular complexity index is 155. The van der Waals surface area contributed by atoms with Crippen LogP contribution >= 0.6 is 0 Å². The number of rotatable bonds is 3. The maximum Gasteiger partial charge on any atom is 0.0629 e. The molecule has 1 N–H and O–H groups in total. The van der Waals surface area contributed by atoms with Crippen molar-refractivity contribution in [1.29, 1.82) is 0 Å². The van der Waals surface area contributed by atoms with Gasteiger partial charge in [0.15, 0.2) is 0 Å². The summed E-state index contributed by atoms with van der Waals surface area (Å²) >= 11 is 0. The van der Waals surface area contributed by atoms with Gasteiger partial charge in [-0.2, -0.15) is 0 Å². The Kier molecular flexibility index (Phi) is 4.18. The first kappa shape index (κ1) is 10.2. The highest BCUT2D eigenvalue weighted by molar-refractivity contribution is 7.85. The Morgan fingerprint density at radius 1 is 1.67 bits per heavy atom. The number of hydrogen-bond acceptors (Lipinski definition) is 3. The lowest BCUT2D eigenvalue weighted by molar-refractivity contribution is 0.0834. The van der Waals surface area contributed by atoms with Crippen molar-refractivity contribution in [3.05, 3.63) is 0 Å². The molecule has 2 unspecified atom stereocenters. The average molecular weight is 191 g/mol. The zero-order valence-corrected chi connectivity index (χ0v) is 8.52. The van der Waals surface area contributed by atoms with Gasteiger partial charge >= 0.3 is 0 Å². The van der Waals surface area contributed by atoms with Crippen LogP contribution in [0.25, 0.3) is 0 Å². The Hall–Kier alpha value is 0.0700. The molecule has 0 bridgehead atoms. The fraction of sp³-hybridized carbons (Fsp3) is 1.00. The van der Waals surface area contributed by atoms with Gasteiger partial charge < -0.3 is 10.1 Å². The van der Waals surface area contributed by atoms with E-state index < -0.39 is 10.8 Å². The monoisotopic (exact) mass is 191 g/mol. The van der Waals surface area contributed by atoms with Crippen LogP contribution in [0.2, 0.25) is 0 Å². The summed E-state index contributed by atoms with van der Waals surface area (Å²) < 4.78 is 16.7. The standard InChI is InChI=1S/C8H17NO2S/c1-7(2)12(10)6-8-5-11-4-3-9-8/h7-9H,3-6H2,1-2H3. The molecule has 0 spiro atoms. The molecule has 0 aromatic rings. The molecule has 0 saturated carbocycles. The van der Waals surface area contributed by atoms with E-state index in [0.717, 1.165) is 18.9 Å². The van der Waals surface area contributed by atoms with E-state index in [1.165, 1.54) is 0 Å². The SMILES string of the molecule is CC(C)S(=O)CC1COCCN1.